The van der Waals surface area contributed by atoms with Crippen molar-refractivity contribution >= 4 is 16.7 Å². The lowest BCUT2D eigenvalue weighted by Crippen LogP contribution is -2.25. The van der Waals surface area contributed by atoms with Crippen LogP contribution in [0.25, 0.3) is 0 Å². The summed E-state index contributed by atoms with van der Waals surface area (Å²) in [5.74, 6) is 0. The summed E-state index contributed by atoms with van der Waals surface area (Å²) in [5, 5.41) is 0. The summed E-state index contributed by atoms with van der Waals surface area (Å²) in [6, 6.07) is 0. The minimum Gasteiger partial charge on any atom is -0.359 e. The Morgan fingerprint density at radius 3 is 2.92 bits per heavy atom. The Labute approximate surface area is 70.8 Å². The standard InChI is InChI=1S/C5H10N2O4S/c8-12(9,10)11-4-3-7-2-1-6-5-7/h5H,1-4H2,(H,8,9,10). The molecule has 0 amide bonds. The first-order chi connectivity index (χ1) is 5.58. The highest BCUT2D eigenvalue weighted by molar-refractivity contribution is 7.80. The molecule has 0 saturated carbocycles. The molecule has 0 radical (unpaired) electrons. The highest BCUT2D eigenvalue weighted by Crippen LogP contribution is 1.93. The number of aliphatic imine (C=N–C) groups is 1. The fraction of sp³-hybridized carbons (Fsp3) is 0.800. The summed E-state index contributed by atoms with van der Waals surface area (Å²) < 4.78 is 32.5. The van der Waals surface area contributed by atoms with Crippen LogP contribution in [-0.4, -0.2) is 50.5 Å². The average Bonchev–Trinajstić information content (AvgIpc) is 2.36. The predicted molar refractivity (Wildman–Crippen MR) is 42.4 cm³/mol. The van der Waals surface area contributed by atoms with Crippen LogP contribution in [0.5, 0.6) is 0 Å². The molecule has 1 aliphatic heterocycles. The van der Waals surface area contributed by atoms with E-state index in [-0.39, 0.29) is 6.61 Å². The van der Waals surface area contributed by atoms with Crippen molar-refractivity contribution in [2.75, 3.05) is 26.2 Å². The number of nitrogens with zero attached hydrogens (tertiary/aromatic N) is 2. The van der Waals surface area contributed by atoms with Gasteiger partial charge in [0.25, 0.3) is 0 Å². The van der Waals surface area contributed by atoms with Crippen molar-refractivity contribution in [3.05, 3.63) is 0 Å². The van der Waals surface area contributed by atoms with Crippen LogP contribution in [0.1, 0.15) is 0 Å². The van der Waals surface area contributed by atoms with E-state index in [2.05, 4.69) is 9.18 Å². The molecule has 0 spiro atoms. The molecule has 1 N–H and O–H groups in total. The van der Waals surface area contributed by atoms with Gasteiger partial charge in [-0.05, 0) is 0 Å². The maximum atomic E-state index is 10.1. The molecule has 7 heteroatoms. The fourth-order valence-electron chi connectivity index (χ4n) is 0.846. The highest BCUT2D eigenvalue weighted by atomic mass is 32.3. The van der Waals surface area contributed by atoms with Gasteiger partial charge in [-0.15, -0.1) is 0 Å². The lowest BCUT2D eigenvalue weighted by Gasteiger charge is -2.11. The zero-order chi connectivity index (χ0) is 9.03. The van der Waals surface area contributed by atoms with Crippen LogP contribution in [0.2, 0.25) is 0 Å². The first-order valence-corrected chi connectivity index (χ1v) is 4.80. The molecule has 0 aromatic heterocycles. The Hall–Kier alpha value is -0.660. The number of hydrogen-bond acceptors (Lipinski definition) is 5. The van der Waals surface area contributed by atoms with E-state index in [1.807, 2.05) is 4.90 Å². The second-order valence-corrected chi connectivity index (χ2v) is 3.40. The molecule has 0 atom stereocenters. The second kappa shape index (κ2) is 3.83. The maximum Gasteiger partial charge on any atom is 0.397 e. The van der Waals surface area contributed by atoms with E-state index in [1.165, 1.54) is 0 Å². The van der Waals surface area contributed by atoms with Gasteiger partial charge in [-0.25, -0.2) is 4.18 Å². The molecule has 1 rings (SSSR count). The molecular weight excluding hydrogens is 184 g/mol. The van der Waals surface area contributed by atoms with Crippen molar-refractivity contribution in [3.8, 4) is 0 Å². The van der Waals surface area contributed by atoms with E-state index in [1.54, 1.807) is 6.34 Å². The molecule has 0 aromatic rings. The van der Waals surface area contributed by atoms with Crippen molar-refractivity contribution in [1.82, 2.24) is 4.90 Å². The van der Waals surface area contributed by atoms with Gasteiger partial charge in [0, 0.05) is 13.1 Å². The van der Waals surface area contributed by atoms with Crippen molar-refractivity contribution in [1.29, 1.82) is 0 Å². The Kier molecular flexibility index (Phi) is 3.01. The first kappa shape index (κ1) is 9.43. The van der Waals surface area contributed by atoms with Crippen LogP contribution in [0, 0.1) is 0 Å². The predicted octanol–water partition coefficient (Wildman–Crippen LogP) is -0.850. The molecule has 0 fully saturated rings. The summed E-state index contributed by atoms with van der Waals surface area (Å²) >= 11 is 0. The fourth-order valence-corrected chi connectivity index (χ4v) is 1.13. The van der Waals surface area contributed by atoms with Gasteiger partial charge in [-0.1, -0.05) is 0 Å². The van der Waals surface area contributed by atoms with Gasteiger partial charge in [0.15, 0.2) is 0 Å². The van der Waals surface area contributed by atoms with Gasteiger partial charge in [0.05, 0.1) is 19.5 Å². The van der Waals surface area contributed by atoms with Gasteiger partial charge in [-0.3, -0.25) is 9.55 Å². The molecule has 0 unspecified atom stereocenters. The van der Waals surface area contributed by atoms with Crippen molar-refractivity contribution < 1.29 is 17.2 Å². The Bertz CT molecular complexity index is 261. The van der Waals surface area contributed by atoms with Gasteiger partial charge in [0.1, 0.15) is 0 Å². The normalized spacial score (nSPS) is 17.2. The quantitative estimate of drug-likeness (QED) is 0.590. The third kappa shape index (κ3) is 3.65. The van der Waals surface area contributed by atoms with E-state index < -0.39 is 10.4 Å². The van der Waals surface area contributed by atoms with Gasteiger partial charge >= 0.3 is 10.4 Å². The summed E-state index contributed by atoms with van der Waals surface area (Å²) in [5.41, 5.74) is 0. The first-order valence-electron chi connectivity index (χ1n) is 3.44. The van der Waals surface area contributed by atoms with Gasteiger partial charge in [0.2, 0.25) is 0 Å². The highest BCUT2D eigenvalue weighted by Gasteiger charge is 2.08. The lowest BCUT2D eigenvalue weighted by molar-refractivity contribution is 0.246. The van der Waals surface area contributed by atoms with Crippen molar-refractivity contribution in [3.63, 3.8) is 0 Å². The smallest absolute Gasteiger partial charge is 0.359 e. The average molecular weight is 194 g/mol. The molecule has 70 valence electrons. The molecular formula is C5H10N2O4S. The second-order valence-electron chi connectivity index (χ2n) is 2.31. The SMILES string of the molecule is O=S(=O)(O)OCCN1C=NCC1. The third-order valence-electron chi connectivity index (χ3n) is 1.37. The molecule has 0 saturated heterocycles. The summed E-state index contributed by atoms with van der Waals surface area (Å²) in [4.78, 5) is 5.72. The molecule has 0 bridgehead atoms. The van der Waals surface area contributed by atoms with Gasteiger partial charge < -0.3 is 4.90 Å². The minimum atomic E-state index is -4.29. The molecule has 1 heterocycles. The summed E-state index contributed by atoms with van der Waals surface area (Å²) in [6.45, 7) is 1.87. The third-order valence-corrected chi connectivity index (χ3v) is 1.84. The minimum absolute atomic E-state index is 0.0507. The van der Waals surface area contributed by atoms with E-state index in [4.69, 9.17) is 4.55 Å². The Morgan fingerprint density at radius 2 is 2.42 bits per heavy atom. The van der Waals surface area contributed by atoms with E-state index in [9.17, 15) is 8.42 Å². The largest absolute Gasteiger partial charge is 0.397 e. The lowest BCUT2D eigenvalue weighted by atomic mass is 10.5. The zero-order valence-electron chi connectivity index (χ0n) is 6.38. The number of hydrogen-bond donors (Lipinski definition) is 1. The van der Waals surface area contributed by atoms with Crippen LogP contribution < -0.4 is 0 Å². The Morgan fingerprint density at radius 1 is 1.67 bits per heavy atom. The topological polar surface area (TPSA) is 79.2 Å². The molecule has 0 aromatic carbocycles. The summed E-state index contributed by atoms with van der Waals surface area (Å²) in [6.07, 6.45) is 1.63. The monoisotopic (exact) mass is 194 g/mol. The van der Waals surface area contributed by atoms with E-state index >= 15 is 0 Å². The Balaban J connectivity index is 2.14. The summed E-state index contributed by atoms with van der Waals surface area (Å²) in [7, 11) is -4.29. The molecule has 0 aliphatic carbocycles. The molecule has 1 aliphatic rings. The molecule has 6 nitrogen and oxygen atoms in total. The molecule has 12 heavy (non-hydrogen) atoms. The van der Waals surface area contributed by atoms with Crippen LogP contribution >= 0.6 is 0 Å². The maximum absolute atomic E-state index is 10.1. The number of rotatable bonds is 4. The van der Waals surface area contributed by atoms with E-state index in [0.29, 0.717) is 6.54 Å². The van der Waals surface area contributed by atoms with E-state index in [0.717, 1.165) is 13.1 Å². The zero-order valence-corrected chi connectivity index (χ0v) is 7.20. The van der Waals surface area contributed by atoms with Crippen molar-refractivity contribution in [2.24, 2.45) is 4.99 Å². The van der Waals surface area contributed by atoms with Crippen LogP contribution in [-0.2, 0) is 14.6 Å². The van der Waals surface area contributed by atoms with Gasteiger partial charge in [-0.2, -0.15) is 8.42 Å². The van der Waals surface area contributed by atoms with Crippen LogP contribution in [0.15, 0.2) is 4.99 Å². The van der Waals surface area contributed by atoms with Crippen LogP contribution in [0.4, 0.5) is 0 Å². The van der Waals surface area contributed by atoms with Crippen LogP contribution in [0.3, 0.4) is 0 Å². The van der Waals surface area contributed by atoms with Crippen molar-refractivity contribution in [2.45, 2.75) is 0 Å².